The number of amides is 3. The highest BCUT2D eigenvalue weighted by Gasteiger charge is 2.09. The molecule has 0 atom stereocenters. The Hall–Kier alpha value is -2.08. The third-order valence-corrected chi connectivity index (χ3v) is 2.88. The third kappa shape index (κ3) is 5.71. The lowest BCUT2D eigenvalue weighted by Gasteiger charge is -2.07. The van der Waals surface area contributed by atoms with Crippen molar-refractivity contribution in [3.05, 3.63) is 28.8 Å². The quantitative estimate of drug-likeness (QED) is 0.778. The first-order valence-corrected chi connectivity index (χ1v) is 6.35. The maximum Gasteiger partial charge on any atom is 0.325 e. The van der Waals surface area contributed by atoms with Crippen molar-refractivity contribution in [3.63, 3.8) is 0 Å². The molecule has 1 aromatic rings. The van der Waals surface area contributed by atoms with Crippen LogP contribution in [0.3, 0.4) is 0 Å². The summed E-state index contributed by atoms with van der Waals surface area (Å²) >= 11 is 5.91. The molecule has 20 heavy (non-hydrogen) atoms. The van der Waals surface area contributed by atoms with Crippen LogP contribution >= 0.6 is 11.6 Å². The predicted octanol–water partition coefficient (Wildman–Crippen LogP) is 2.55. The fourth-order valence-corrected chi connectivity index (χ4v) is 1.60. The smallest absolute Gasteiger partial charge is 0.325 e. The Bertz CT molecular complexity index is 531. The van der Waals surface area contributed by atoms with E-state index >= 15 is 0 Å². The van der Waals surface area contributed by atoms with Crippen LogP contribution in [0.2, 0.25) is 5.02 Å². The number of urea groups is 1. The van der Waals surface area contributed by atoms with Gasteiger partial charge in [-0.15, -0.1) is 0 Å². The van der Waals surface area contributed by atoms with Crippen molar-refractivity contribution < 1.29 is 19.5 Å². The maximum absolute atomic E-state index is 11.5. The number of halogens is 1. The molecule has 0 radical (unpaired) electrons. The first-order valence-electron chi connectivity index (χ1n) is 5.97. The molecule has 108 valence electrons. The number of hydrogen-bond donors (Lipinski definition) is 3. The summed E-state index contributed by atoms with van der Waals surface area (Å²) in [6.07, 6.45) is 0.0573. The second-order valence-electron chi connectivity index (χ2n) is 4.21. The number of carboxylic acid groups (broad SMARTS) is 1. The van der Waals surface area contributed by atoms with E-state index in [9.17, 15) is 14.4 Å². The fourth-order valence-electron chi connectivity index (χ4n) is 1.42. The zero-order valence-electron chi connectivity index (χ0n) is 10.9. The number of benzene rings is 1. The number of carboxylic acids is 1. The Kier molecular flexibility index (Phi) is 5.99. The lowest BCUT2D eigenvalue weighted by Crippen LogP contribution is -2.34. The molecule has 0 aliphatic heterocycles. The monoisotopic (exact) mass is 298 g/mol. The van der Waals surface area contributed by atoms with Crippen LogP contribution in [0, 0.1) is 6.92 Å². The molecule has 3 amide bonds. The summed E-state index contributed by atoms with van der Waals surface area (Å²) in [6.45, 7) is 1.83. The molecular weight excluding hydrogens is 284 g/mol. The minimum Gasteiger partial charge on any atom is -0.481 e. The number of hydrogen-bond acceptors (Lipinski definition) is 3. The molecule has 7 heteroatoms. The number of carbonyl (C=O) groups excluding carboxylic acids is 2. The standard InChI is InChI=1S/C13H15ClN2O4/c1-8-5-6-9(7-10(8)14)15-13(20)16-11(17)3-2-4-12(18)19/h5-7H,2-4H2,1H3,(H,18,19)(H2,15,16,17,20). The minimum absolute atomic E-state index is 0.0195. The molecule has 0 heterocycles. The summed E-state index contributed by atoms with van der Waals surface area (Å²) < 4.78 is 0. The van der Waals surface area contributed by atoms with E-state index in [4.69, 9.17) is 16.7 Å². The molecule has 6 nitrogen and oxygen atoms in total. The zero-order chi connectivity index (χ0) is 15.1. The van der Waals surface area contributed by atoms with Gasteiger partial charge >= 0.3 is 12.0 Å². The Morgan fingerprint density at radius 2 is 1.95 bits per heavy atom. The van der Waals surface area contributed by atoms with Crippen LogP contribution in [0.15, 0.2) is 18.2 Å². The number of aliphatic carboxylic acids is 1. The second kappa shape index (κ2) is 7.49. The Morgan fingerprint density at radius 1 is 1.25 bits per heavy atom. The lowest BCUT2D eigenvalue weighted by molar-refractivity contribution is -0.137. The molecule has 0 unspecified atom stereocenters. The van der Waals surface area contributed by atoms with E-state index in [2.05, 4.69) is 10.6 Å². The Balaban J connectivity index is 2.41. The van der Waals surface area contributed by atoms with Crippen molar-refractivity contribution in [2.45, 2.75) is 26.2 Å². The summed E-state index contributed by atoms with van der Waals surface area (Å²) in [7, 11) is 0. The second-order valence-corrected chi connectivity index (χ2v) is 4.62. The summed E-state index contributed by atoms with van der Waals surface area (Å²) in [4.78, 5) is 33.1. The summed E-state index contributed by atoms with van der Waals surface area (Å²) in [6, 6.07) is 4.30. The van der Waals surface area contributed by atoms with Gasteiger partial charge in [0.15, 0.2) is 0 Å². The van der Waals surface area contributed by atoms with Crippen LogP contribution in [-0.2, 0) is 9.59 Å². The van der Waals surface area contributed by atoms with E-state index in [1.165, 1.54) is 0 Å². The first kappa shape index (κ1) is 16.0. The predicted molar refractivity (Wildman–Crippen MR) is 74.8 cm³/mol. The van der Waals surface area contributed by atoms with Crippen molar-refractivity contribution in [2.75, 3.05) is 5.32 Å². The minimum atomic E-state index is -0.975. The fraction of sp³-hybridized carbons (Fsp3) is 0.308. The Labute approximate surface area is 121 Å². The number of anilines is 1. The zero-order valence-corrected chi connectivity index (χ0v) is 11.7. The van der Waals surface area contributed by atoms with Crippen molar-refractivity contribution in [1.29, 1.82) is 0 Å². The molecule has 0 saturated heterocycles. The van der Waals surface area contributed by atoms with Gasteiger partial charge in [0.2, 0.25) is 5.91 Å². The van der Waals surface area contributed by atoms with Gasteiger partial charge in [-0.1, -0.05) is 17.7 Å². The Morgan fingerprint density at radius 3 is 2.55 bits per heavy atom. The van der Waals surface area contributed by atoms with Crippen LogP contribution in [0.1, 0.15) is 24.8 Å². The van der Waals surface area contributed by atoms with Crippen LogP contribution in [0.25, 0.3) is 0 Å². The van der Waals surface area contributed by atoms with Crippen LogP contribution in [0.5, 0.6) is 0 Å². The van der Waals surface area contributed by atoms with E-state index in [0.717, 1.165) is 5.56 Å². The molecule has 0 saturated carbocycles. The van der Waals surface area contributed by atoms with Crippen LogP contribution in [0.4, 0.5) is 10.5 Å². The van der Waals surface area contributed by atoms with Gasteiger partial charge in [0, 0.05) is 23.6 Å². The molecule has 1 rings (SSSR count). The highest BCUT2D eigenvalue weighted by Crippen LogP contribution is 2.19. The number of aryl methyl sites for hydroxylation is 1. The van der Waals surface area contributed by atoms with Gasteiger partial charge < -0.3 is 10.4 Å². The van der Waals surface area contributed by atoms with Gasteiger partial charge in [-0.3, -0.25) is 14.9 Å². The highest BCUT2D eigenvalue weighted by atomic mass is 35.5. The number of nitrogens with one attached hydrogen (secondary N) is 2. The SMILES string of the molecule is Cc1ccc(NC(=O)NC(=O)CCCC(=O)O)cc1Cl. The van der Waals surface area contributed by atoms with Gasteiger partial charge in [-0.05, 0) is 31.0 Å². The van der Waals surface area contributed by atoms with Crippen LogP contribution < -0.4 is 10.6 Å². The molecule has 0 aliphatic rings. The molecule has 0 bridgehead atoms. The van der Waals surface area contributed by atoms with Crippen LogP contribution in [-0.4, -0.2) is 23.0 Å². The first-order chi connectivity index (χ1) is 9.38. The van der Waals surface area contributed by atoms with Gasteiger partial charge in [0.25, 0.3) is 0 Å². The topological polar surface area (TPSA) is 95.5 Å². The summed E-state index contributed by atoms with van der Waals surface area (Å²) in [5.41, 5.74) is 1.35. The number of imide groups is 1. The largest absolute Gasteiger partial charge is 0.481 e. The molecular formula is C13H15ClN2O4. The number of rotatable bonds is 5. The third-order valence-electron chi connectivity index (χ3n) is 2.48. The molecule has 0 spiro atoms. The molecule has 0 aromatic heterocycles. The highest BCUT2D eigenvalue weighted by molar-refractivity contribution is 6.31. The maximum atomic E-state index is 11.5. The van der Waals surface area contributed by atoms with Crippen molar-refractivity contribution in [3.8, 4) is 0 Å². The average molecular weight is 299 g/mol. The average Bonchev–Trinajstić information content (AvgIpc) is 2.33. The molecule has 1 aromatic carbocycles. The lowest BCUT2D eigenvalue weighted by atomic mass is 10.2. The van der Waals surface area contributed by atoms with Gasteiger partial charge in [0.05, 0.1) is 0 Å². The van der Waals surface area contributed by atoms with E-state index in [1.54, 1.807) is 18.2 Å². The summed E-state index contributed by atoms with van der Waals surface area (Å²) in [5.74, 6) is -1.50. The number of carbonyl (C=O) groups is 3. The molecule has 0 aliphatic carbocycles. The van der Waals surface area contributed by atoms with E-state index in [1.807, 2.05) is 6.92 Å². The van der Waals surface area contributed by atoms with Gasteiger partial charge in [-0.25, -0.2) is 4.79 Å². The van der Waals surface area contributed by atoms with E-state index in [0.29, 0.717) is 10.7 Å². The van der Waals surface area contributed by atoms with Crippen molar-refractivity contribution >= 4 is 35.2 Å². The normalized spacial score (nSPS) is 9.90. The van der Waals surface area contributed by atoms with Gasteiger partial charge in [-0.2, -0.15) is 0 Å². The van der Waals surface area contributed by atoms with E-state index in [-0.39, 0.29) is 19.3 Å². The van der Waals surface area contributed by atoms with Gasteiger partial charge in [0.1, 0.15) is 0 Å². The molecule has 0 fully saturated rings. The summed E-state index contributed by atoms with van der Waals surface area (Å²) in [5, 5.41) is 13.5. The van der Waals surface area contributed by atoms with E-state index < -0.39 is 17.9 Å². The van der Waals surface area contributed by atoms with Crippen molar-refractivity contribution in [1.82, 2.24) is 5.32 Å². The van der Waals surface area contributed by atoms with Crippen molar-refractivity contribution in [2.24, 2.45) is 0 Å². The molecule has 3 N–H and O–H groups in total.